The van der Waals surface area contributed by atoms with Gasteiger partial charge in [0.2, 0.25) is 5.91 Å². The van der Waals surface area contributed by atoms with Crippen LogP contribution >= 0.6 is 0 Å². The molecule has 1 N–H and O–H groups in total. The standard InChI is InChI=1S/C35H53NO3/c1-34-20-18-28(37)23-27(34)22-26(33-29-16-17-31(38)35(29,2)21-19-30(33)34)14-10-5-4-6-11-15-32(39)36(3)24-25-12-8-7-9-13-25/h7-9,12-13,26-27,29-31,33,38H,4-6,10-11,14-24H2,1-3H3/t26?,27-,29-,30-,31-,33-,34-,35-/m0/s1. The highest BCUT2D eigenvalue weighted by Gasteiger charge is 2.62. The molecule has 4 fully saturated rings. The monoisotopic (exact) mass is 535 g/mol. The lowest BCUT2D eigenvalue weighted by Crippen LogP contribution is -2.57. The molecule has 4 heteroatoms. The number of aliphatic hydroxyl groups is 1. The summed E-state index contributed by atoms with van der Waals surface area (Å²) in [6.45, 7) is 5.61. The van der Waals surface area contributed by atoms with Gasteiger partial charge in [-0.1, -0.05) is 76.3 Å². The molecule has 4 saturated carbocycles. The van der Waals surface area contributed by atoms with Gasteiger partial charge in [0.25, 0.3) is 0 Å². The minimum atomic E-state index is -0.128. The molecule has 1 aromatic carbocycles. The summed E-state index contributed by atoms with van der Waals surface area (Å²) < 4.78 is 0. The molecule has 5 rings (SSSR count). The fraction of sp³-hybridized carbons (Fsp3) is 0.771. The second-order valence-corrected chi connectivity index (χ2v) is 14.4. The molecule has 8 atom stereocenters. The van der Waals surface area contributed by atoms with E-state index in [1.165, 1.54) is 56.9 Å². The number of hydrogen-bond donors (Lipinski definition) is 1. The molecule has 216 valence electrons. The van der Waals surface area contributed by atoms with Gasteiger partial charge in [-0.15, -0.1) is 0 Å². The van der Waals surface area contributed by atoms with Gasteiger partial charge in [-0.2, -0.15) is 0 Å². The van der Waals surface area contributed by atoms with E-state index >= 15 is 0 Å². The number of aliphatic hydroxyl groups excluding tert-OH is 1. The molecule has 0 spiro atoms. The van der Waals surface area contributed by atoms with Crippen LogP contribution in [0.2, 0.25) is 0 Å². The number of carbonyl (C=O) groups is 2. The lowest BCUT2D eigenvalue weighted by molar-refractivity contribution is -0.156. The Balaban J connectivity index is 1.11. The number of unbranched alkanes of at least 4 members (excludes halogenated alkanes) is 4. The van der Waals surface area contributed by atoms with Gasteiger partial charge in [-0.05, 0) is 90.9 Å². The van der Waals surface area contributed by atoms with Crippen molar-refractivity contribution in [2.45, 2.75) is 123 Å². The summed E-state index contributed by atoms with van der Waals surface area (Å²) in [5.41, 5.74) is 1.61. The number of hydrogen-bond acceptors (Lipinski definition) is 3. The first-order valence-electron chi connectivity index (χ1n) is 16.2. The molecule has 0 radical (unpaired) electrons. The molecule has 1 unspecified atom stereocenters. The summed E-state index contributed by atoms with van der Waals surface area (Å²) in [6.07, 6.45) is 16.1. The maximum Gasteiger partial charge on any atom is 0.222 e. The van der Waals surface area contributed by atoms with Gasteiger partial charge < -0.3 is 10.0 Å². The summed E-state index contributed by atoms with van der Waals surface area (Å²) >= 11 is 0. The van der Waals surface area contributed by atoms with E-state index < -0.39 is 0 Å². The highest BCUT2D eigenvalue weighted by Crippen LogP contribution is 2.67. The molecule has 4 aliphatic carbocycles. The molecule has 0 heterocycles. The van der Waals surface area contributed by atoms with Crippen molar-refractivity contribution in [2.24, 2.45) is 40.4 Å². The van der Waals surface area contributed by atoms with Crippen molar-refractivity contribution in [2.75, 3.05) is 7.05 Å². The van der Waals surface area contributed by atoms with Crippen LogP contribution in [0.4, 0.5) is 0 Å². The molecule has 0 bridgehead atoms. The van der Waals surface area contributed by atoms with E-state index in [0.29, 0.717) is 41.9 Å². The molecule has 1 amide bonds. The highest BCUT2D eigenvalue weighted by atomic mass is 16.3. The van der Waals surface area contributed by atoms with Crippen molar-refractivity contribution < 1.29 is 14.7 Å². The number of rotatable bonds is 10. The van der Waals surface area contributed by atoms with Crippen LogP contribution in [0.5, 0.6) is 0 Å². The average Bonchev–Trinajstić information content (AvgIpc) is 3.23. The fourth-order valence-electron chi connectivity index (χ4n) is 9.84. The maximum atomic E-state index is 12.6. The van der Waals surface area contributed by atoms with Crippen LogP contribution in [0.25, 0.3) is 0 Å². The van der Waals surface area contributed by atoms with Gasteiger partial charge in [0.1, 0.15) is 5.78 Å². The van der Waals surface area contributed by atoms with Gasteiger partial charge in [0, 0.05) is 32.9 Å². The molecule has 0 aliphatic heterocycles. The fourth-order valence-corrected chi connectivity index (χ4v) is 9.84. The van der Waals surface area contributed by atoms with E-state index in [-0.39, 0.29) is 17.4 Å². The van der Waals surface area contributed by atoms with Gasteiger partial charge in [-0.25, -0.2) is 0 Å². The summed E-state index contributed by atoms with van der Waals surface area (Å²) in [4.78, 5) is 26.9. The van der Waals surface area contributed by atoms with E-state index in [0.717, 1.165) is 50.4 Å². The van der Waals surface area contributed by atoms with Crippen LogP contribution < -0.4 is 0 Å². The Kier molecular flexibility index (Phi) is 8.91. The van der Waals surface area contributed by atoms with Crippen molar-refractivity contribution in [3.8, 4) is 0 Å². The molecule has 0 saturated heterocycles. The van der Waals surface area contributed by atoms with E-state index in [4.69, 9.17) is 0 Å². The summed E-state index contributed by atoms with van der Waals surface area (Å²) in [6, 6.07) is 10.2. The molecular weight excluding hydrogens is 482 g/mol. The lowest BCUT2D eigenvalue weighted by atomic mass is 9.42. The largest absolute Gasteiger partial charge is 0.393 e. The Morgan fingerprint density at radius 2 is 1.67 bits per heavy atom. The van der Waals surface area contributed by atoms with Gasteiger partial charge in [0.05, 0.1) is 6.10 Å². The second-order valence-electron chi connectivity index (χ2n) is 14.4. The summed E-state index contributed by atoms with van der Waals surface area (Å²) in [5.74, 6) is 4.14. The van der Waals surface area contributed by atoms with Crippen LogP contribution in [0.1, 0.15) is 116 Å². The summed E-state index contributed by atoms with van der Waals surface area (Å²) in [7, 11) is 1.91. The molecular formula is C35H53NO3. The Bertz CT molecular complexity index is 993. The normalized spacial score (nSPS) is 37.6. The van der Waals surface area contributed by atoms with Crippen LogP contribution in [-0.2, 0) is 16.1 Å². The number of ketones is 1. The number of amides is 1. The second kappa shape index (κ2) is 12.0. The Labute approximate surface area is 237 Å². The average molecular weight is 536 g/mol. The molecule has 0 aromatic heterocycles. The SMILES string of the molecule is CN(Cc1ccccc1)C(=O)CCCCCCCC1C[C@H]2CC(=O)CC[C@]2(C)[C@H]2CC[C@]3(C)[C@@H](O)CC[C@H]3[C@H]12. The highest BCUT2D eigenvalue weighted by molar-refractivity contribution is 5.79. The number of carbonyl (C=O) groups excluding carboxylic acids is 2. The maximum absolute atomic E-state index is 12.6. The molecule has 4 aliphatic rings. The minimum Gasteiger partial charge on any atom is -0.393 e. The first kappa shape index (κ1) is 28.8. The quantitative estimate of drug-likeness (QED) is 0.314. The smallest absolute Gasteiger partial charge is 0.222 e. The third kappa shape index (κ3) is 5.88. The Morgan fingerprint density at radius 3 is 2.46 bits per heavy atom. The summed E-state index contributed by atoms with van der Waals surface area (Å²) in [5, 5.41) is 11.0. The molecule has 4 nitrogen and oxygen atoms in total. The Hall–Kier alpha value is -1.68. The predicted molar refractivity (Wildman–Crippen MR) is 157 cm³/mol. The van der Waals surface area contributed by atoms with E-state index in [1.807, 2.05) is 30.1 Å². The van der Waals surface area contributed by atoms with E-state index in [9.17, 15) is 14.7 Å². The van der Waals surface area contributed by atoms with Crippen molar-refractivity contribution >= 4 is 11.7 Å². The molecule has 39 heavy (non-hydrogen) atoms. The van der Waals surface area contributed by atoms with Crippen LogP contribution in [0.15, 0.2) is 30.3 Å². The topological polar surface area (TPSA) is 57.6 Å². The predicted octanol–water partition coefficient (Wildman–Crippen LogP) is 7.57. The van der Waals surface area contributed by atoms with Crippen LogP contribution in [0, 0.1) is 40.4 Å². The van der Waals surface area contributed by atoms with Gasteiger partial charge >= 0.3 is 0 Å². The van der Waals surface area contributed by atoms with Crippen molar-refractivity contribution in [1.29, 1.82) is 0 Å². The third-order valence-electron chi connectivity index (χ3n) is 12.3. The number of benzene rings is 1. The van der Waals surface area contributed by atoms with Crippen LogP contribution in [-0.4, -0.2) is 34.8 Å². The van der Waals surface area contributed by atoms with E-state index in [2.05, 4.69) is 26.0 Å². The van der Waals surface area contributed by atoms with Crippen molar-refractivity contribution in [3.63, 3.8) is 0 Å². The number of Topliss-reactive ketones (excluding diaryl/α,β-unsaturated/α-hetero) is 1. The zero-order valence-electron chi connectivity index (χ0n) is 24.9. The first-order chi connectivity index (χ1) is 18.7. The number of nitrogens with zero attached hydrogens (tertiary/aromatic N) is 1. The first-order valence-corrected chi connectivity index (χ1v) is 16.2. The zero-order valence-corrected chi connectivity index (χ0v) is 24.9. The third-order valence-corrected chi connectivity index (χ3v) is 12.3. The van der Waals surface area contributed by atoms with Gasteiger partial charge in [0.15, 0.2) is 0 Å². The Morgan fingerprint density at radius 1 is 0.949 bits per heavy atom. The van der Waals surface area contributed by atoms with Crippen molar-refractivity contribution in [1.82, 2.24) is 4.90 Å². The van der Waals surface area contributed by atoms with Crippen LogP contribution in [0.3, 0.4) is 0 Å². The van der Waals surface area contributed by atoms with Crippen molar-refractivity contribution in [3.05, 3.63) is 35.9 Å². The molecule has 1 aromatic rings. The number of fused-ring (bicyclic) bond motifs is 5. The van der Waals surface area contributed by atoms with E-state index in [1.54, 1.807) is 0 Å². The van der Waals surface area contributed by atoms with Gasteiger partial charge in [-0.3, -0.25) is 9.59 Å². The minimum absolute atomic E-state index is 0.104. The lowest BCUT2D eigenvalue weighted by Gasteiger charge is -2.62. The zero-order chi connectivity index (χ0) is 27.6.